The Morgan fingerprint density at radius 2 is 1.86 bits per heavy atom. The third-order valence-electron chi connectivity index (χ3n) is 3.10. The van der Waals surface area contributed by atoms with Gasteiger partial charge in [0.25, 0.3) is 0 Å². The number of para-hydroxylation sites is 1. The number of hydrogen-bond acceptors (Lipinski definition) is 6. The minimum atomic E-state index is -0.876. The summed E-state index contributed by atoms with van der Waals surface area (Å²) >= 11 is 0. The van der Waals surface area contributed by atoms with Gasteiger partial charge in [-0.3, -0.25) is 0 Å². The minimum Gasteiger partial charge on any atom is -0.465 e. The highest BCUT2D eigenvalue weighted by atomic mass is 16.7. The van der Waals surface area contributed by atoms with Crippen molar-refractivity contribution in [3.05, 3.63) is 23.8 Å². The van der Waals surface area contributed by atoms with E-state index in [1.165, 1.54) is 25.7 Å². The molecule has 0 saturated carbocycles. The van der Waals surface area contributed by atoms with Gasteiger partial charge in [-0.25, -0.2) is 9.59 Å². The van der Waals surface area contributed by atoms with Crippen molar-refractivity contribution < 1.29 is 23.8 Å². The summed E-state index contributed by atoms with van der Waals surface area (Å²) in [5, 5.41) is 0. The molecule has 6 heteroatoms. The molecule has 0 amide bonds. The molecule has 0 bridgehead atoms. The van der Waals surface area contributed by atoms with Gasteiger partial charge in [-0.2, -0.15) is 0 Å². The molecule has 6 nitrogen and oxygen atoms in total. The maximum Gasteiger partial charge on any atom is 0.513 e. The summed E-state index contributed by atoms with van der Waals surface area (Å²) < 4.78 is 14.6. The van der Waals surface area contributed by atoms with Crippen molar-refractivity contribution in [3.8, 4) is 5.75 Å². The van der Waals surface area contributed by atoms with Crippen LogP contribution in [0.15, 0.2) is 18.2 Å². The van der Waals surface area contributed by atoms with E-state index < -0.39 is 12.1 Å². The molecule has 0 atom stereocenters. The number of unbranched alkanes of at least 4 members (excludes halogenated alkanes) is 4. The van der Waals surface area contributed by atoms with Crippen LogP contribution in [-0.2, 0) is 9.47 Å². The predicted octanol–water partition coefficient (Wildman–Crippen LogP) is 3.54. The Morgan fingerprint density at radius 3 is 2.55 bits per heavy atom. The largest absolute Gasteiger partial charge is 0.513 e. The molecule has 0 spiro atoms. The summed E-state index contributed by atoms with van der Waals surface area (Å²) in [4.78, 5) is 23.3. The number of rotatable bonds is 8. The fourth-order valence-electron chi connectivity index (χ4n) is 1.91. The van der Waals surface area contributed by atoms with Gasteiger partial charge in [0.1, 0.15) is 5.56 Å². The molecule has 0 aliphatic rings. The van der Waals surface area contributed by atoms with Crippen LogP contribution in [0, 0.1) is 0 Å². The number of anilines is 1. The Hall–Kier alpha value is -2.24. The van der Waals surface area contributed by atoms with Gasteiger partial charge < -0.3 is 19.9 Å². The van der Waals surface area contributed by atoms with Crippen LogP contribution in [0.5, 0.6) is 5.75 Å². The van der Waals surface area contributed by atoms with Crippen molar-refractivity contribution in [1.29, 1.82) is 0 Å². The molecule has 0 heterocycles. The fraction of sp³-hybridized carbons (Fsp3) is 0.500. The number of benzene rings is 1. The van der Waals surface area contributed by atoms with E-state index >= 15 is 0 Å². The van der Waals surface area contributed by atoms with E-state index in [9.17, 15) is 9.59 Å². The van der Waals surface area contributed by atoms with E-state index in [0.29, 0.717) is 0 Å². The predicted molar refractivity (Wildman–Crippen MR) is 82.9 cm³/mol. The Bertz CT molecular complexity index is 501. The molecule has 0 fully saturated rings. The van der Waals surface area contributed by atoms with Gasteiger partial charge in [-0.15, -0.1) is 0 Å². The number of nitrogens with two attached hydrogens (primary N) is 1. The van der Waals surface area contributed by atoms with Crippen LogP contribution in [-0.4, -0.2) is 25.8 Å². The molecule has 22 heavy (non-hydrogen) atoms. The van der Waals surface area contributed by atoms with Crippen molar-refractivity contribution in [3.63, 3.8) is 0 Å². The van der Waals surface area contributed by atoms with Crippen LogP contribution in [0.2, 0.25) is 0 Å². The van der Waals surface area contributed by atoms with Crippen LogP contribution in [0.4, 0.5) is 10.5 Å². The normalized spacial score (nSPS) is 10.1. The third kappa shape index (κ3) is 5.63. The first-order chi connectivity index (χ1) is 10.6. The SMILES string of the molecule is CCCCCCCOC(=O)Oc1c(N)cccc1C(=O)OC. The topological polar surface area (TPSA) is 87.9 Å². The van der Waals surface area contributed by atoms with Crippen LogP contribution in [0.25, 0.3) is 0 Å². The quantitative estimate of drug-likeness (QED) is 0.342. The second-order valence-corrected chi connectivity index (χ2v) is 4.83. The monoisotopic (exact) mass is 309 g/mol. The smallest absolute Gasteiger partial charge is 0.465 e. The molecular weight excluding hydrogens is 286 g/mol. The van der Waals surface area contributed by atoms with E-state index in [1.807, 2.05) is 0 Å². The molecule has 0 saturated heterocycles. The molecule has 122 valence electrons. The summed E-state index contributed by atoms with van der Waals surface area (Å²) in [7, 11) is 1.24. The second-order valence-electron chi connectivity index (χ2n) is 4.83. The zero-order valence-corrected chi connectivity index (χ0v) is 13.1. The van der Waals surface area contributed by atoms with Gasteiger partial charge in [0.15, 0.2) is 5.75 Å². The van der Waals surface area contributed by atoms with Gasteiger partial charge in [0.2, 0.25) is 0 Å². The van der Waals surface area contributed by atoms with Crippen LogP contribution >= 0.6 is 0 Å². The molecule has 0 unspecified atom stereocenters. The number of ether oxygens (including phenoxy) is 3. The first kappa shape index (κ1) is 17.8. The van der Waals surface area contributed by atoms with Crippen LogP contribution in [0.1, 0.15) is 49.4 Å². The molecule has 0 aliphatic heterocycles. The number of hydrogen-bond donors (Lipinski definition) is 1. The van der Waals surface area contributed by atoms with E-state index in [-0.39, 0.29) is 23.6 Å². The average Bonchev–Trinajstić information content (AvgIpc) is 2.52. The van der Waals surface area contributed by atoms with Crippen molar-refractivity contribution in [2.75, 3.05) is 19.5 Å². The Morgan fingerprint density at radius 1 is 1.14 bits per heavy atom. The lowest BCUT2D eigenvalue weighted by Crippen LogP contribution is -2.15. The fourth-order valence-corrected chi connectivity index (χ4v) is 1.91. The highest BCUT2D eigenvalue weighted by Crippen LogP contribution is 2.27. The third-order valence-corrected chi connectivity index (χ3v) is 3.10. The lowest BCUT2D eigenvalue weighted by molar-refractivity contribution is 0.0594. The highest BCUT2D eigenvalue weighted by Gasteiger charge is 2.19. The summed E-state index contributed by atoms with van der Waals surface area (Å²) in [5.74, 6) is -0.667. The van der Waals surface area contributed by atoms with E-state index in [4.69, 9.17) is 15.2 Å². The van der Waals surface area contributed by atoms with Gasteiger partial charge in [0, 0.05) is 0 Å². The Balaban J connectivity index is 2.52. The number of carbonyl (C=O) groups excluding carboxylic acids is 2. The van der Waals surface area contributed by atoms with Gasteiger partial charge in [0.05, 0.1) is 19.4 Å². The lowest BCUT2D eigenvalue weighted by atomic mass is 10.2. The Labute approximate surface area is 130 Å². The first-order valence-electron chi connectivity index (χ1n) is 7.41. The molecule has 0 radical (unpaired) electrons. The lowest BCUT2D eigenvalue weighted by Gasteiger charge is -2.11. The maximum atomic E-state index is 11.7. The van der Waals surface area contributed by atoms with E-state index in [0.717, 1.165) is 25.7 Å². The molecule has 2 N–H and O–H groups in total. The highest BCUT2D eigenvalue weighted by molar-refractivity contribution is 5.95. The summed E-state index contributed by atoms with van der Waals surface area (Å²) in [6.07, 6.45) is 4.36. The standard InChI is InChI=1S/C16H23NO5/c1-3-4-5-6-7-11-21-16(19)22-14-12(15(18)20-2)9-8-10-13(14)17/h8-10H,3-7,11,17H2,1-2H3. The van der Waals surface area contributed by atoms with Gasteiger partial charge >= 0.3 is 12.1 Å². The van der Waals surface area contributed by atoms with Crippen LogP contribution in [0.3, 0.4) is 0 Å². The van der Waals surface area contributed by atoms with Gasteiger partial charge in [-0.05, 0) is 18.6 Å². The first-order valence-corrected chi connectivity index (χ1v) is 7.41. The molecule has 0 aliphatic carbocycles. The Kier molecular flexibility index (Phi) is 7.81. The number of carbonyl (C=O) groups is 2. The average molecular weight is 309 g/mol. The molecule has 1 rings (SSSR count). The van der Waals surface area contributed by atoms with Crippen molar-refractivity contribution >= 4 is 17.8 Å². The molecule has 1 aromatic carbocycles. The summed E-state index contributed by atoms with van der Waals surface area (Å²) in [5.41, 5.74) is 5.99. The summed E-state index contributed by atoms with van der Waals surface area (Å²) in [6, 6.07) is 4.57. The van der Waals surface area contributed by atoms with Crippen molar-refractivity contribution in [1.82, 2.24) is 0 Å². The van der Waals surface area contributed by atoms with Crippen molar-refractivity contribution in [2.24, 2.45) is 0 Å². The van der Waals surface area contributed by atoms with E-state index in [2.05, 4.69) is 11.7 Å². The maximum absolute atomic E-state index is 11.7. The minimum absolute atomic E-state index is 0.0367. The zero-order chi connectivity index (χ0) is 16.4. The van der Waals surface area contributed by atoms with E-state index in [1.54, 1.807) is 6.07 Å². The zero-order valence-electron chi connectivity index (χ0n) is 13.1. The molecule has 1 aromatic rings. The second kappa shape index (κ2) is 9.65. The molecule has 0 aromatic heterocycles. The number of esters is 1. The van der Waals surface area contributed by atoms with Crippen LogP contribution < -0.4 is 10.5 Å². The van der Waals surface area contributed by atoms with Gasteiger partial charge in [-0.1, -0.05) is 38.7 Å². The number of nitrogen functional groups attached to an aromatic ring is 1. The van der Waals surface area contributed by atoms with Crippen molar-refractivity contribution in [2.45, 2.75) is 39.0 Å². The summed E-state index contributed by atoms with van der Waals surface area (Å²) in [6.45, 7) is 2.42. The molecular formula is C16H23NO5. The number of methoxy groups -OCH3 is 1.